The lowest BCUT2D eigenvalue weighted by Gasteiger charge is -2.18. The number of hydrogen-bond acceptors (Lipinski definition) is 4. The number of nitrogens with one attached hydrogen (secondary N) is 1. The number of rotatable bonds is 5. The number of benzene rings is 2. The average Bonchev–Trinajstić information content (AvgIpc) is 2.94. The van der Waals surface area contributed by atoms with Crippen molar-refractivity contribution in [3.8, 4) is 11.1 Å². The van der Waals surface area contributed by atoms with Crippen LogP contribution in [0.1, 0.15) is 11.1 Å². The van der Waals surface area contributed by atoms with Gasteiger partial charge in [-0.1, -0.05) is 54.2 Å². The van der Waals surface area contributed by atoms with E-state index in [4.69, 9.17) is 0 Å². The molecule has 2 aromatic carbocycles. The summed E-state index contributed by atoms with van der Waals surface area (Å²) in [4.78, 5) is 35.7. The molecule has 1 heterocycles. The standard InChI is InChI=1S/C19H18N2O4S/c1-21(19(24)25)11-15-9-13(12-5-3-2-4-6-12)7-8-14(15)10-16-17(22)20-18(23)26-16/h2-9,16H,10-11H2,1H3,(H,24,25)(H,20,22,23). The maximum absolute atomic E-state index is 11.9. The quantitative estimate of drug-likeness (QED) is 0.843. The number of thioether (sulfide) groups is 1. The van der Waals surface area contributed by atoms with E-state index in [1.807, 2.05) is 48.5 Å². The highest BCUT2D eigenvalue weighted by molar-refractivity contribution is 8.15. The Kier molecular flexibility index (Phi) is 5.27. The van der Waals surface area contributed by atoms with Crippen LogP contribution in [-0.2, 0) is 17.8 Å². The summed E-state index contributed by atoms with van der Waals surface area (Å²) in [5.74, 6) is -0.301. The third-order valence-electron chi connectivity index (χ3n) is 4.22. The molecule has 7 heteroatoms. The lowest BCUT2D eigenvalue weighted by molar-refractivity contribution is -0.118. The third kappa shape index (κ3) is 4.05. The molecule has 0 bridgehead atoms. The van der Waals surface area contributed by atoms with Gasteiger partial charge in [0.25, 0.3) is 5.24 Å². The summed E-state index contributed by atoms with van der Waals surface area (Å²) in [6.45, 7) is 0.207. The first-order valence-electron chi connectivity index (χ1n) is 8.07. The molecule has 2 aromatic rings. The van der Waals surface area contributed by atoms with Gasteiger partial charge in [-0.2, -0.15) is 0 Å². The Morgan fingerprint density at radius 1 is 1.12 bits per heavy atom. The molecule has 3 rings (SSSR count). The smallest absolute Gasteiger partial charge is 0.407 e. The van der Waals surface area contributed by atoms with Crippen molar-refractivity contribution in [2.45, 2.75) is 18.2 Å². The van der Waals surface area contributed by atoms with Crippen LogP contribution in [0.3, 0.4) is 0 Å². The van der Waals surface area contributed by atoms with Gasteiger partial charge < -0.3 is 10.0 Å². The highest BCUT2D eigenvalue weighted by atomic mass is 32.2. The van der Waals surface area contributed by atoms with Crippen molar-refractivity contribution < 1.29 is 19.5 Å². The Bertz CT molecular complexity index is 854. The first kappa shape index (κ1) is 18.0. The molecule has 134 valence electrons. The van der Waals surface area contributed by atoms with Crippen molar-refractivity contribution in [1.29, 1.82) is 0 Å². The van der Waals surface area contributed by atoms with Crippen LogP contribution in [0.5, 0.6) is 0 Å². The molecule has 26 heavy (non-hydrogen) atoms. The molecule has 1 fully saturated rings. The largest absolute Gasteiger partial charge is 0.465 e. The zero-order valence-electron chi connectivity index (χ0n) is 14.1. The van der Waals surface area contributed by atoms with Crippen LogP contribution in [0.4, 0.5) is 9.59 Å². The van der Waals surface area contributed by atoms with Crippen LogP contribution in [0.2, 0.25) is 0 Å². The number of hydrogen-bond donors (Lipinski definition) is 2. The van der Waals surface area contributed by atoms with Gasteiger partial charge in [0, 0.05) is 13.6 Å². The van der Waals surface area contributed by atoms with Gasteiger partial charge >= 0.3 is 6.09 Å². The highest BCUT2D eigenvalue weighted by Crippen LogP contribution is 2.28. The fourth-order valence-corrected chi connectivity index (χ4v) is 3.68. The van der Waals surface area contributed by atoms with Crippen LogP contribution in [0.15, 0.2) is 48.5 Å². The van der Waals surface area contributed by atoms with Gasteiger partial charge in [0.1, 0.15) is 0 Å². The molecule has 6 nitrogen and oxygen atoms in total. The second-order valence-electron chi connectivity index (χ2n) is 6.08. The van der Waals surface area contributed by atoms with E-state index in [2.05, 4.69) is 5.32 Å². The van der Waals surface area contributed by atoms with Crippen LogP contribution in [0.25, 0.3) is 11.1 Å². The number of carbonyl (C=O) groups is 3. The normalized spacial score (nSPS) is 16.4. The molecule has 0 radical (unpaired) electrons. The third-order valence-corrected chi connectivity index (χ3v) is 5.20. The van der Waals surface area contributed by atoms with E-state index in [0.29, 0.717) is 6.42 Å². The summed E-state index contributed by atoms with van der Waals surface area (Å²) < 4.78 is 0. The molecule has 3 amide bonds. The SMILES string of the molecule is CN(Cc1cc(-c2ccccc2)ccc1CC1SC(=O)NC1=O)C(=O)O. The van der Waals surface area contributed by atoms with E-state index < -0.39 is 11.3 Å². The minimum Gasteiger partial charge on any atom is -0.465 e. The van der Waals surface area contributed by atoms with Crippen LogP contribution < -0.4 is 5.32 Å². The fraction of sp³-hybridized carbons (Fsp3) is 0.211. The van der Waals surface area contributed by atoms with Gasteiger partial charge in [-0.3, -0.25) is 14.9 Å². The molecule has 0 spiro atoms. The van der Waals surface area contributed by atoms with Crippen molar-refractivity contribution in [2.24, 2.45) is 0 Å². The number of nitrogens with zero attached hydrogens (tertiary/aromatic N) is 1. The van der Waals surface area contributed by atoms with E-state index >= 15 is 0 Å². The van der Waals surface area contributed by atoms with Crippen LogP contribution in [0, 0.1) is 0 Å². The Morgan fingerprint density at radius 3 is 2.46 bits per heavy atom. The lowest BCUT2D eigenvalue weighted by atomic mass is 9.96. The summed E-state index contributed by atoms with van der Waals surface area (Å²) in [5.41, 5.74) is 3.69. The molecule has 0 saturated carbocycles. The molecule has 1 atom stereocenters. The Labute approximate surface area is 155 Å². The van der Waals surface area contributed by atoms with Crippen molar-refractivity contribution in [3.63, 3.8) is 0 Å². The Balaban J connectivity index is 1.93. The summed E-state index contributed by atoms with van der Waals surface area (Å²) in [5, 5.41) is 10.6. The Morgan fingerprint density at radius 2 is 1.85 bits per heavy atom. The number of carbonyl (C=O) groups excluding carboxylic acids is 2. The van der Waals surface area contributed by atoms with E-state index in [1.54, 1.807) is 0 Å². The average molecular weight is 370 g/mol. The predicted octanol–water partition coefficient (Wildman–Crippen LogP) is 3.36. The van der Waals surface area contributed by atoms with Crippen LogP contribution >= 0.6 is 11.8 Å². The molecule has 1 aliphatic heterocycles. The molecule has 0 aliphatic carbocycles. The van der Waals surface area contributed by atoms with Crippen molar-refractivity contribution in [2.75, 3.05) is 7.05 Å². The van der Waals surface area contributed by atoms with Gasteiger partial charge in [-0.25, -0.2) is 4.79 Å². The zero-order valence-corrected chi connectivity index (χ0v) is 15.0. The second-order valence-corrected chi connectivity index (χ2v) is 7.25. The van der Waals surface area contributed by atoms with E-state index in [9.17, 15) is 19.5 Å². The summed E-state index contributed by atoms with van der Waals surface area (Å²) in [7, 11) is 1.50. The van der Waals surface area contributed by atoms with E-state index in [1.165, 1.54) is 11.9 Å². The van der Waals surface area contributed by atoms with Gasteiger partial charge in [0.2, 0.25) is 5.91 Å². The monoisotopic (exact) mass is 370 g/mol. The van der Waals surface area contributed by atoms with Crippen molar-refractivity contribution in [3.05, 3.63) is 59.7 Å². The van der Waals surface area contributed by atoms with E-state index in [-0.39, 0.29) is 17.7 Å². The van der Waals surface area contributed by atoms with Gasteiger partial charge in [-0.05, 0) is 34.7 Å². The maximum atomic E-state index is 11.9. The lowest BCUT2D eigenvalue weighted by Crippen LogP contribution is -2.27. The number of carboxylic acid groups (broad SMARTS) is 1. The first-order chi connectivity index (χ1) is 12.4. The molecule has 2 N–H and O–H groups in total. The maximum Gasteiger partial charge on any atom is 0.407 e. The fourth-order valence-electron chi connectivity index (χ4n) is 2.83. The van der Waals surface area contributed by atoms with Crippen molar-refractivity contribution in [1.82, 2.24) is 10.2 Å². The summed E-state index contributed by atoms with van der Waals surface area (Å²) in [6.07, 6.45) is -0.649. The number of amides is 3. The zero-order chi connectivity index (χ0) is 18.7. The van der Waals surface area contributed by atoms with Gasteiger partial charge in [-0.15, -0.1) is 0 Å². The number of imide groups is 1. The molecule has 1 saturated heterocycles. The highest BCUT2D eigenvalue weighted by Gasteiger charge is 2.32. The Hall–Kier alpha value is -2.80. The van der Waals surface area contributed by atoms with Gasteiger partial charge in [0.15, 0.2) is 0 Å². The molecular formula is C19H18N2O4S. The van der Waals surface area contributed by atoms with Crippen LogP contribution in [-0.4, -0.2) is 39.5 Å². The first-order valence-corrected chi connectivity index (χ1v) is 8.95. The summed E-state index contributed by atoms with van der Waals surface area (Å²) >= 11 is 0.973. The molecule has 0 aromatic heterocycles. The van der Waals surface area contributed by atoms with Crippen molar-refractivity contribution >= 4 is 29.0 Å². The minimum atomic E-state index is -1.02. The topological polar surface area (TPSA) is 86.7 Å². The van der Waals surface area contributed by atoms with Gasteiger partial charge in [0.05, 0.1) is 5.25 Å². The minimum absolute atomic E-state index is 0.207. The second kappa shape index (κ2) is 7.61. The molecule has 1 unspecified atom stereocenters. The van der Waals surface area contributed by atoms with E-state index in [0.717, 1.165) is 34.0 Å². The molecule has 1 aliphatic rings. The summed E-state index contributed by atoms with van der Waals surface area (Å²) in [6, 6.07) is 15.6. The predicted molar refractivity (Wildman–Crippen MR) is 100.0 cm³/mol. The molecular weight excluding hydrogens is 352 g/mol.